The second kappa shape index (κ2) is 27.0. The van der Waals surface area contributed by atoms with Gasteiger partial charge in [0, 0.05) is 6.54 Å². The molecule has 0 aliphatic rings. The van der Waals surface area contributed by atoms with Crippen molar-refractivity contribution in [3.05, 3.63) is 0 Å². The first-order chi connectivity index (χ1) is 15.5. The number of unbranched alkanes of at least 4 members (excludes halogenated alkanes) is 19. The Bertz CT molecular complexity index is 526. The number of hydrogen-bond donors (Lipinski definition) is 1. The second-order valence-corrected chi connectivity index (χ2v) is 11.0. The van der Waals surface area contributed by atoms with Gasteiger partial charge < -0.3 is 10.1 Å². The van der Waals surface area contributed by atoms with Gasteiger partial charge in [0.1, 0.15) is 0 Å². The van der Waals surface area contributed by atoms with E-state index in [0.717, 1.165) is 12.8 Å². The first kappa shape index (κ1) is 35.5. The van der Waals surface area contributed by atoms with Crippen molar-refractivity contribution < 1.29 is 47.6 Å². The molecular weight excluding hydrogens is 445 g/mol. The third-order valence-electron chi connectivity index (χ3n) is 6.09. The number of aliphatic imine (C=N–C) groups is 1. The monoisotopic (exact) mass is 497 g/mol. The van der Waals surface area contributed by atoms with Crippen molar-refractivity contribution in [1.82, 2.24) is 0 Å². The first-order valence-corrected chi connectivity index (χ1v) is 15.2. The van der Waals surface area contributed by atoms with Crippen molar-refractivity contribution >= 4 is 16.0 Å². The molecule has 5 nitrogen and oxygen atoms in total. The minimum atomic E-state index is -3.94. The molecule has 0 aliphatic heterocycles. The fraction of sp³-hybridized carbons (Fsp3) is 0.962. The Hall–Kier alpha value is 0.380. The molecule has 1 N–H and O–H groups in total. The van der Waals surface area contributed by atoms with Crippen molar-refractivity contribution in [2.75, 3.05) is 12.3 Å². The van der Waals surface area contributed by atoms with Crippen LogP contribution in [0.3, 0.4) is 0 Å². The van der Waals surface area contributed by atoms with E-state index in [1.54, 1.807) is 0 Å². The number of nitrogens with zero attached hydrogens (tertiary/aromatic N) is 1. The molecule has 0 spiro atoms. The van der Waals surface area contributed by atoms with Gasteiger partial charge in [0.2, 0.25) is 0 Å². The quantitative estimate of drug-likeness (QED) is 0.0672. The van der Waals surface area contributed by atoms with Gasteiger partial charge in [-0.2, -0.15) is 8.42 Å². The maximum atomic E-state index is 11.6. The van der Waals surface area contributed by atoms with Gasteiger partial charge in [-0.1, -0.05) is 129 Å². The largest absolute Gasteiger partial charge is 1.00 e. The fourth-order valence-corrected chi connectivity index (χ4v) is 4.56. The fourth-order valence-electron chi connectivity index (χ4n) is 4.06. The third kappa shape index (κ3) is 32.4. The Morgan fingerprint density at radius 2 is 0.970 bits per heavy atom. The predicted molar refractivity (Wildman–Crippen MR) is 136 cm³/mol. The van der Waals surface area contributed by atoms with E-state index >= 15 is 0 Å². The molecule has 0 aromatic carbocycles. The Morgan fingerprint density at radius 3 is 1.30 bits per heavy atom. The maximum Gasteiger partial charge on any atom is 1.00 e. The van der Waals surface area contributed by atoms with Crippen LogP contribution in [0.2, 0.25) is 0 Å². The molecule has 192 valence electrons. The zero-order chi connectivity index (χ0) is 23.8. The summed E-state index contributed by atoms with van der Waals surface area (Å²) in [7, 11) is -3.94. The van der Waals surface area contributed by atoms with Gasteiger partial charge in [0.15, 0.2) is 0 Å². The molecule has 0 aromatic rings. The van der Waals surface area contributed by atoms with Crippen LogP contribution < -0.4 is 34.7 Å². The molecule has 0 saturated carbocycles. The zero-order valence-corrected chi connectivity index (χ0v) is 24.8. The van der Waals surface area contributed by atoms with Crippen LogP contribution >= 0.6 is 0 Å². The molecule has 0 amide bonds. The van der Waals surface area contributed by atoms with Crippen molar-refractivity contribution in [2.24, 2.45) is 4.99 Å². The summed E-state index contributed by atoms with van der Waals surface area (Å²) in [5.74, 6) is -0.481. The topological polar surface area (TPSA) is 89.8 Å². The Morgan fingerprint density at radius 1 is 0.636 bits per heavy atom. The third-order valence-corrected chi connectivity index (χ3v) is 6.90. The summed E-state index contributed by atoms with van der Waals surface area (Å²) in [6.07, 6.45) is 27.4. The SMILES string of the molecule is CCCCCCCCCCCCCCCCCCCCCCC([O-])=NCCCS(=O)(=O)O.[Na+]. The normalized spacial score (nSPS) is 12.1. The van der Waals surface area contributed by atoms with E-state index in [1.165, 1.54) is 116 Å². The second-order valence-electron chi connectivity index (χ2n) is 9.38. The van der Waals surface area contributed by atoms with Gasteiger partial charge in [-0.15, -0.1) is 0 Å². The average molecular weight is 498 g/mol. The van der Waals surface area contributed by atoms with Gasteiger partial charge in [0.25, 0.3) is 10.1 Å². The molecule has 0 aliphatic carbocycles. The van der Waals surface area contributed by atoms with Crippen LogP contribution in [0.5, 0.6) is 0 Å². The molecule has 33 heavy (non-hydrogen) atoms. The molecule has 7 heteroatoms. The van der Waals surface area contributed by atoms with Crippen LogP contribution in [0, 0.1) is 0 Å². The summed E-state index contributed by atoms with van der Waals surface area (Å²) in [5.41, 5.74) is 0. The van der Waals surface area contributed by atoms with E-state index in [2.05, 4.69) is 11.9 Å². The molecule has 0 unspecified atom stereocenters. The van der Waals surface area contributed by atoms with Crippen molar-refractivity contribution in [2.45, 2.75) is 148 Å². The van der Waals surface area contributed by atoms with E-state index in [4.69, 9.17) is 4.55 Å². The number of rotatable bonds is 25. The Kier molecular flexibility index (Phi) is 29.1. The van der Waals surface area contributed by atoms with Gasteiger partial charge in [-0.05, 0) is 25.2 Å². The average Bonchev–Trinajstić information content (AvgIpc) is 2.74. The van der Waals surface area contributed by atoms with E-state index in [-0.39, 0.29) is 54.2 Å². The smallest absolute Gasteiger partial charge is 0.862 e. The standard InChI is InChI=1S/C26H53NO4S.Na/c1-2-3-4-5-6-7-8-9-10-11-12-13-14-15-16-17-18-19-20-21-23-26(28)27-24-22-25-32(29,30)31;/h2-25H2,1H3,(H,27,28)(H,29,30,31);/q;+1/p-1. The van der Waals surface area contributed by atoms with Crippen LogP contribution in [-0.4, -0.2) is 31.2 Å². The molecule has 0 atom stereocenters. The molecule has 0 fully saturated rings. The van der Waals surface area contributed by atoms with E-state index < -0.39 is 10.1 Å². The summed E-state index contributed by atoms with van der Waals surface area (Å²) in [6, 6.07) is 0. The predicted octanol–water partition coefficient (Wildman–Crippen LogP) is 4.24. The zero-order valence-electron chi connectivity index (χ0n) is 22.0. The summed E-state index contributed by atoms with van der Waals surface area (Å²) < 4.78 is 29.8. The first-order valence-electron chi connectivity index (χ1n) is 13.6. The van der Waals surface area contributed by atoms with Crippen LogP contribution in [0.15, 0.2) is 4.99 Å². The Labute approximate surface area is 228 Å². The van der Waals surface area contributed by atoms with Gasteiger partial charge >= 0.3 is 29.6 Å². The van der Waals surface area contributed by atoms with Gasteiger partial charge in [-0.3, -0.25) is 4.55 Å². The summed E-state index contributed by atoms with van der Waals surface area (Å²) >= 11 is 0. The number of hydrogen-bond acceptors (Lipinski definition) is 4. The maximum absolute atomic E-state index is 11.6. The van der Waals surface area contributed by atoms with E-state index in [1.807, 2.05) is 0 Å². The van der Waals surface area contributed by atoms with Crippen LogP contribution in [0.25, 0.3) is 0 Å². The van der Waals surface area contributed by atoms with Gasteiger partial charge in [0.05, 0.1) is 5.75 Å². The Balaban J connectivity index is 0. The summed E-state index contributed by atoms with van der Waals surface area (Å²) in [6.45, 7) is 2.46. The molecular formula is C26H52NNaO4S. The van der Waals surface area contributed by atoms with Gasteiger partial charge in [-0.25, -0.2) is 0 Å². The van der Waals surface area contributed by atoms with Crippen molar-refractivity contribution in [3.63, 3.8) is 0 Å². The minimum absolute atomic E-state index is 0. The summed E-state index contributed by atoms with van der Waals surface area (Å²) in [5, 5.41) is 11.6. The van der Waals surface area contributed by atoms with Crippen LogP contribution in [0.4, 0.5) is 0 Å². The van der Waals surface area contributed by atoms with Crippen molar-refractivity contribution in [3.8, 4) is 0 Å². The molecule has 0 rings (SSSR count). The van der Waals surface area contributed by atoms with E-state index in [9.17, 15) is 13.5 Å². The van der Waals surface area contributed by atoms with Crippen molar-refractivity contribution in [1.29, 1.82) is 0 Å². The molecule has 0 heterocycles. The molecule has 0 aromatic heterocycles. The van der Waals surface area contributed by atoms with Crippen LogP contribution in [0.1, 0.15) is 148 Å². The summed E-state index contributed by atoms with van der Waals surface area (Å²) in [4.78, 5) is 3.83. The van der Waals surface area contributed by atoms with Crippen LogP contribution in [-0.2, 0) is 10.1 Å². The minimum Gasteiger partial charge on any atom is -0.862 e. The molecule has 0 saturated heterocycles. The molecule has 0 radical (unpaired) electrons. The van der Waals surface area contributed by atoms with E-state index in [0.29, 0.717) is 6.42 Å². The molecule has 0 bridgehead atoms.